The Hall–Kier alpha value is -1.74. The first-order valence-corrected chi connectivity index (χ1v) is 8.39. The van der Waals surface area contributed by atoms with E-state index in [0.29, 0.717) is 39.0 Å². The van der Waals surface area contributed by atoms with Gasteiger partial charge >= 0.3 is 0 Å². The maximum absolute atomic E-state index is 14.2. The third-order valence-electron chi connectivity index (χ3n) is 4.95. The number of nitriles is 1. The van der Waals surface area contributed by atoms with E-state index in [9.17, 15) is 19.2 Å². The monoisotopic (exact) mass is 336 g/mol. The van der Waals surface area contributed by atoms with Crippen molar-refractivity contribution in [2.75, 3.05) is 26.3 Å². The molecular formula is C18H25FN2O3. The fourth-order valence-electron chi connectivity index (χ4n) is 3.11. The predicted molar refractivity (Wildman–Crippen MR) is 86.7 cm³/mol. The Bertz CT molecular complexity index is 590. The molecule has 1 fully saturated rings. The molecule has 0 aromatic carbocycles. The second-order valence-corrected chi connectivity index (χ2v) is 7.48. The van der Waals surface area contributed by atoms with Gasteiger partial charge in [0.1, 0.15) is 11.7 Å². The molecule has 0 N–H and O–H groups in total. The zero-order valence-corrected chi connectivity index (χ0v) is 14.6. The standard InChI is InChI=1S/C18H25FN2O3/c1-17(2)12-24-10-9-21(8-4-5-13(11-20)15(17)22)16(23)14-6-7-18(14,3)19/h5,14H,4,6-10,12H2,1-3H3/b13-5-. The molecule has 2 atom stereocenters. The van der Waals surface area contributed by atoms with Crippen molar-refractivity contribution in [2.45, 2.75) is 45.7 Å². The molecular weight excluding hydrogens is 311 g/mol. The molecule has 1 heterocycles. The van der Waals surface area contributed by atoms with Gasteiger partial charge in [-0.15, -0.1) is 0 Å². The van der Waals surface area contributed by atoms with Crippen LogP contribution in [0.5, 0.6) is 0 Å². The number of hydrogen-bond acceptors (Lipinski definition) is 4. The Balaban J connectivity index is 2.13. The van der Waals surface area contributed by atoms with Gasteiger partial charge in [0.2, 0.25) is 5.91 Å². The van der Waals surface area contributed by atoms with E-state index in [0.717, 1.165) is 0 Å². The quantitative estimate of drug-likeness (QED) is 0.737. The highest BCUT2D eigenvalue weighted by Gasteiger charge is 2.48. The Kier molecular flexibility index (Phi) is 5.44. The van der Waals surface area contributed by atoms with Crippen molar-refractivity contribution < 1.29 is 18.7 Å². The van der Waals surface area contributed by atoms with Crippen LogP contribution in [0.3, 0.4) is 0 Å². The van der Waals surface area contributed by atoms with E-state index in [2.05, 4.69) is 0 Å². The first-order valence-electron chi connectivity index (χ1n) is 8.39. The van der Waals surface area contributed by atoms with Crippen LogP contribution in [-0.4, -0.2) is 48.6 Å². The Labute approximate surface area is 142 Å². The lowest BCUT2D eigenvalue weighted by atomic mass is 9.71. The molecule has 6 heteroatoms. The van der Waals surface area contributed by atoms with E-state index in [1.807, 2.05) is 6.07 Å². The van der Waals surface area contributed by atoms with E-state index in [-0.39, 0.29) is 23.9 Å². The molecule has 0 bridgehead atoms. The topological polar surface area (TPSA) is 70.4 Å². The Morgan fingerprint density at radius 3 is 2.67 bits per heavy atom. The number of allylic oxidation sites excluding steroid dienone is 1. The molecule has 2 unspecified atom stereocenters. The van der Waals surface area contributed by atoms with Crippen molar-refractivity contribution >= 4 is 11.7 Å². The van der Waals surface area contributed by atoms with Gasteiger partial charge in [0, 0.05) is 13.1 Å². The Morgan fingerprint density at radius 2 is 2.12 bits per heavy atom. The summed E-state index contributed by atoms with van der Waals surface area (Å²) in [6.07, 6.45) is 2.94. The summed E-state index contributed by atoms with van der Waals surface area (Å²) in [5.74, 6) is -1.05. The predicted octanol–water partition coefficient (Wildman–Crippen LogP) is 2.42. The molecule has 2 aliphatic rings. The Morgan fingerprint density at radius 1 is 1.42 bits per heavy atom. The van der Waals surface area contributed by atoms with E-state index in [1.165, 1.54) is 6.92 Å². The molecule has 1 aliphatic carbocycles. The minimum Gasteiger partial charge on any atom is -0.379 e. The number of Topliss-reactive ketones (excluding diaryl/α,β-unsaturated/α-hetero) is 1. The van der Waals surface area contributed by atoms with Crippen LogP contribution in [0.1, 0.15) is 40.0 Å². The normalized spacial score (nSPS) is 33.5. The highest BCUT2D eigenvalue weighted by molar-refractivity contribution is 6.02. The van der Waals surface area contributed by atoms with Gasteiger partial charge < -0.3 is 9.64 Å². The van der Waals surface area contributed by atoms with Crippen LogP contribution in [0, 0.1) is 22.7 Å². The summed E-state index contributed by atoms with van der Waals surface area (Å²) < 4.78 is 19.7. The summed E-state index contributed by atoms with van der Waals surface area (Å²) in [7, 11) is 0. The lowest BCUT2D eigenvalue weighted by Crippen LogP contribution is -2.51. The summed E-state index contributed by atoms with van der Waals surface area (Å²) in [5.41, 5.74) is -2.13. The number of rotatable bonds is 1. The number of ether oxygens (including phenoxy) is 1. The van der Waals surface area contributed by atoms with Gasteiger partial charge in [-0.05, 0) is 26.2 Å². The fourth-order valence-corrected chi connectivity index (χ4v) is 3.11. The summed E-state index contributed by atoms with van der Waals surface area (Å²) in [5, 5.41) is 9.21. The highest BCUT2D eigenvalue weighted by atomic mass is 19.1. The number of hydrogen-bond donors (Lipinski definition) is 0. The van der Waals surface area contributed by atoms with Crippen LogP contribution in [0.2, 0.25) is 0 Å². The minimum absolute atomic E-state index is 0.0943. The number of nitrogens with zero attached hydrogens (tertiary/aromatic N) is 2. The maximum Gasteiger partial charge on any atom is 0.228 e. The van der Waals surface area contributed by atoms with Crippen LogP contribution < -0.4 is 0 Å². The molecule has 1 saturated carbocycles. The maximum atomic E-state index is 14.2. The van der Waals surface area contributed by atoms with Crippen LogP contribution in [0.4, 0.5) is 4.39 Å². The van der Waals surface area contributed by atoms with Crippen molar-refractivity contribution in [3.8, 4) is 6.07 Å². The van der Waals surface area contributed by atoms with Crippen LogP contribution >= 0.6 is 0 Å². The van der Waals surface area contributed by atoms with Gasteiger partial charge in [0.05, 0.1) is 30.1 Å². The lowest BCUT2D eigenvalue weighted by molar-refractivity contribution is -0.149. The zero-order valence-electron chi connectivity index (χ0n) is 14.6. The second-order valence-electron chi connectivity index (χ2n) is 7.48. The molecule has 0 radical (unpaired) electrons. The molecule has 0 saturated heterocycles. The van der Waals surface area contributed by atoms with E-state index < -0.39 is 17.0 Å². The summed E-state index contributed by atoms with van der Waals surface area (Å²) >= 11 is 0. The van der Waals surface area contributed by atoms with Gasteiger partial charge in [0.15, 0.2) is 5.78 Å². The van der Waals surface area contributed by atoms with Crippen molar-refractivity contribution in [3.63, 3.8) is 0 Å². The zero-order chi connectivity index (χ0) is 18.0. The summed E-state index contributed by atoms with van der Waals surface area (Å²) in [4.78, 5) is 26.6. The molecule has 1 amide bonds. The minimum atomic E-state index is -1.43. The number of alkyl halides is 1. The third-order valence-corrected chi connectivity index (χ3v) is 4.95. The van der Waals surface area contributed by atoms with E-state index >= 15 is 0 Å². The van der Waals surface area contributed by atoms with Crippen molar-refractivity contribution in [1.82, 2.24) is 4.90 Å². The number of halogens is 1. The molecule has 0 aromatic heterocycles. The molecule has 0 aromatic rings. The summed E-state index contributed by atoms with van der Waals surface area (Å²) in [6, 6.07) is 1.94. The van der Waals surface area contributed by atoms with Crippen molar-refractivity contribution in [2.24, 2.45) is 11.3 Å². The van der Waals surface area contributed by atoms with Gasteiger partial charge in [-0.1, -0.05) is 19.9 Å². The second kappa shape index (κ2) is 7.02. The smallest absolute Gasteiger partial charge is 0.228 e. The highest BCUT2D eigenvalue weighted by Crippen LogP contribution is 2.42. The van der Waals surface area contributed by atoms with Crippen LogP contribution in [0.25, 0.3) is 0 Å². The number of amides is 1. The lowest BCUT2D eigenvalue weighted by Gasteiger charge is -2.41. The van der Waals surface area contributed by atoms with Crippen LogP contribution in [0.15, 0.2) is 11.6 Å². The average molecular weight is 336 g/mol. The molecule has 2 rings (SSSR count). The number of ketones is 1. The number of carbonyl (C=O) groups is 2. The van der Waals surface area contributed by atoms with Gasteiger partial charge in [0.25, 0.3) is 0 Å². The number of carbonyl (C=O) groups excluding carboxylic acids is 2. The van der Waals surface area contributed by atoms with Crippen molar-refractivity contribution in [3.05, 3.63) is 11.6 Å². The third kappa shape index (κ3) is 3.84. The molecule has 1 aliphatic heterocycles. The molecule has 5 nitrogen and oxygen atoms in total. The summed E-state index contributed by atoms with van der Waals surface area (Å²) in [6.45, 7) is 6.14. The first kappa shape index (κ1) is 18.6. The molecule has 0 spiro atoms. The van der Waals surface area contributed by atoms with E-state index in [4.69, 9.17) is 4.74 Å². The van der Waals surface area contributed by atoms with E-state index in [1.54, 1.807) is 24.8 Å². The average Bonchev–Trinajstić information content (AvgIpc) is 2.53. The fraction of sp³-hybridized carbons (Fsp3) is 0.722. The first-order chi connectivity index (χ1) is 11.2. The van der Waals surface area contributed by atoms with Gasteiger partial charge in [-0.25, -0.2) is 4.39 Å². The van der Waals surface area contributed by atoms with Gasteiger partial charge in [-0.3, -0.25) is 9.59 Å². The van der Waals surface area contributed by atoms with Crippen molar-refractivity contribution in [1.29, 1.82) is 5.26 Å². The van der Waals surface area contributed by atoms with Crippen LogP contribution in [-0.2, 0) is 14.3 Å². The molecule has 132 valence electrons. The van der Waals surface area contributed by atoms with Gasteiger partial charge in [-0.2, -0.15) is 5.26 Å². The SMILES string of the molecule is CC1(C)COCCN(C(=O)C2CCC2(C)F)CC/C=C(/C#N)C1=O. The largest absolute Gasteiger partial charge is 0.379 e. The molecule has 24 heavy (non-hydrogen) atoms.